The zero-order chi connectivity index (χ0) is 11.8. The first kappa shape index (κ1) is 12.1. The lowest BCUT2D eigenvalue weighted by Gasteiger charge is -2.53. The Balaban J connectivity index is 1.77. The molecule has 0 amide bonds. The van der Waals surface area contributed by atoms with Gasteiger partial charge in [-0.25, -0.2) is 0 Å². The van der Waals surface area contributed by atoms with Crippen LogP contribution in [-0.4, -0.2) is 35.2 Å². The predicted molar refractivity (Wildman–Crippen MR) is 67.4 cm³/mol. The van der Waals surface area contributed by atoms with Crippen LogP contribution in [0.4, 0.5) is 0 Å². The van der Waals surface area contributed by atoms with Crippen molar-refractivity contribution in [2.45, 2.75) is 58.1 Å². The molecule has 1 aliphatic heterocycles. The summed E-state index contributed by atoms with van der Waals surface area (Å²) in [5, 5.41) is 9.49. The van der Waals surface area contributed by atoms with Gasteiger partial charge in [0.25, 0.3) is 0 Å². The normalized spacial score (nSPS) is 34.4. The second kappa shape index (κ2) is 4.50. The van der Waals surface area contributed by atoms with Crippen LogP contribution in [0.5, 0.6) is 0 Å². The van der Waals surface area contributed by atoms with E-state index in [1.807, 2.05) is 0 Å². The summed E-state index contributed by atoms with van der Waals surface area (Å²) in [6.07, 6.45) is 5.50. The Morgan fingerprint density at radius 3 is 2.38 bits per heavy atom. The van der Waals surface area contributed by atoms with Crippen molar-refractivity contribution in [3.05, 3.63) is 12.2 Å². The molecule has 0 spiro atoms. The highest BCUT2D eigenvalue weighted by Gasteiger charge is 2.42. The van der Waals surface area contributed by atoms with Gasteiger partial charge in [-0.05, 0) is 44.4 Å². The van der Waals surface area contributed by atoms with Crippen LogP contribution in [0.3, 0.4) is 0 Å². The lowest BCUT2D eigenvalue weighted by atomic mass is 9.75. The average Bonchev–Trinajstić information content (AvgIpc) is 2.14. The maximum Gasteiger partial charge on any atom is 0.0541 e. The van der Waals surface area contributed by atoms with Crippen molar-refractivity contribution < 1.29 is 5.11 Å². The quantitative estimate of drug-likeness (QED) is 0.743. The van der Waals surface area contributed by atoms with Crippen LogP contribution in [0, 0.1) is 5.41 Å². The molecular weight excluding hydrogens is 198 g/mol. The minimum atomic E-state index is -0.0284. The Labute approximate surface area is 99.3 Å². The summed E-state index contributed by atoms with van der Waals surface area (Å²) in [6.45, 7) is 11.0. The van der Waals surface area contributed by atoms with Crippen molar-refractivity contribution in [1.29, 1.82) is 0 Å². The third-order valence-electron chi connectivity index (χ3n) is 4.08. The van der Waals surface area contributed by atoms with E-state index in [9.17, 15) is 5.11 Å². The molecule has 2 rings (SSSR count). The molecule has 92 valence electrons. The van der Waals surface area contributed by atoms with E-state index in [1.54, 1.807) is 0 Å². The Hall–Kier alpha value is -0.340. The van der Waals surface area contributed by atoms with Gasteiger partial charge in [0.15, 0.2) is 0 Å². The fourth-order valence-electron chi connectivity index (χ4n) is 3.46. The number of aliphatic hydroxyl groups excluding tert-OH is 1. The number of aliphatic hydroxyl groups is 1. The molecule has 0 unspecified atom stereocenters. The molecule has 0 radical (unpaired) electrons. The molecule has 1 saturated heterocycles. The largest absolute Gasteiger partial charge is 0.393 e. The lowest BCUT2D eigenvalue weighted by Crippen LogP contribution is -2.59. The van der Waals surface area contributed by atoms with E-state index in [4.69, 9.17) is 0 Å². The Morgan fingerprint density at radius 2 is 1.88 bits per heavy atom. The predicted octanol–water partition coefficient (Wildman–Crippen LogP) is 2.58. The summed E-state index contributed by atoms with van der Waals surface area (Å²) in [4.78, 5) is 2.61. The van der Waals surface area contributed by atoms with Crippen molar-refractivity contribution >= 4 is 0 Å². The maximum atomic E-state index is 9.49. The summed E-state index contributed by atoms with van der Waals surface area (Å²) in [5.41, 5.74) is 1.78. The SMILES string of the molecule is C=C(C)CC1(C)CN(C2CCC(O)CC2)C1. The van der Waals surface area contributed by atoms with Gasteiger partial charge < -0.3 is 5.11 Å². The van der Waals surface area contributed by atoms with Crippen molar-refractivity contribution in [1.82, 2.24) is 4.90 Å². The van der Waals surface area contributed by atoms with E-state index in [0.717, 1.165) is 18.9 Å². The Bertz CT molecular complexity index is 260. The van der Waals surface area contributed by atoms with E-state index in [-0.39, 0.29) is 6.10 Å². The molecule has 2 heteroatoms. The Kier molecular flexibility index (Phi) is 3.41. The molecule has 16 heavy (non-hydrogen) atoms. The summed E-state index contributed by atoms with van der Waals surface area (Å²) in [6, 6.07) is 0.738. The third kappa shape index (κ3) is 2.67. The number of rotatable bonds is 3. The standard InChI is InChI=1S/C14H25NO/c1-11(2)8-14(3)9-15(10-14)12-4-6-13(16)7-5-12/h12-13,16H,1,4-10H2,2-3H3. The first-order chi connectivity index (χ1) is 7.48. The van der Waals surface area contributed by atoms with Gasteiger partial charge in [-0.15, -0.1) is 6.58 Å². The Morgan fingerprint density at radius 1 is 1.31 bits per heavy atom. The highest BCUT2D eigenvalue weighted by Crippen LogP contribution is 2.39. The number of nitrogens with zero attached hydrogens (tertiary/aromatic N) is 1. The maximum absolute atomic E-state index is 9.49. The van der Waals surface area contributed by atoms with E-state index < -0.39 is 0 Å². The molecule has 1 saturated carbocycles. The van der Waals surface area contributed by atoms with Crippen molar-refractivity contribution in [2.24, 2.45) is 5.41 Å². The van der Waals surface area contributed by atoms with Crippen molar-refractivity contribution in [3.63, 3.8) is 0 Å². The molecule has 2 nitrogen and oxygen atoms in total. The first-order valence-electron chi connectivity index (χ1n) is 6.55. The molecule has 0 bridgehead atoms. The second-order valence-corrected chi connectivity index (χ2v) is 6.31. The van der Waals surface area contributed by atoms with E-state index >= 15 is 0 Å². The molecule has 2 aliphatic rings. The van der Waals surface area contributed by atoms with Crippen molar-refractivity contribution in [2.75, 3.05) is 13.1 Å². The molecule has 1 aliphatic carbocycles. The highest BCUT2D eigenvalue weighted by molar-refractivity contribution is 5.03. The number of likely N-dealkylation sites (tertiary alicyclic amines) is 1. The zero-order valence-corrected chi connectivity index (χ0v) is 10.7. The zero-order valence-electron chi connectivity index (χ0n) is 10.7. The van der Waals surface area contributed by atoms with Crippen LogP contribution in [0.15, 0.2) is 12.2 Å². The van der Waals surface area contributed by atoms with Gasteiger partial charge in [0.05, 0.1) is 6.10 Å². The third-order valence-corrected chi connectivity index (χ3v) is 4.08. The smallest absolute Gasteiger partial charge is 0.0541 e. The minimum absolute atomic E-state index is 0.0284. The number of allylic oxidation sites excluding steroid dienone is 1. The van der Waals surface area contributed by atoms with Gasteiger partial charge in [0.1, 0.15) is 0 Å². The van der Waals surface area contributed by atoms with Crippen LogP contribution in [0.2, 0.25) is 0 Å². The van der Waals surface area contributed by atoms with E-state index in [1.165, 1.54) is 37.9 Å². The molecule has 1 N–H and O–H groups in total. The second-order valence-electron chi connectivity index (χ2n) is 6.31. The van der Waals surface area contributed by atoms with E-state index in [0.29, 0.717) is 5.41 Å². The molecule has 2 fully saturated rings. The summed E-state index contributed by atoms with van der Waals surface area (Å²) < 4.78 is 0. The molecule has 0 aromatic rings. The van der Waals surface area contributed by atoms with Crippen LogP contribution in [0.25, 0.3) is 0 Å². The first-order valence-corrected chi connectivity index (χ1v) is 6.55. The monoisotopic (exact) mass is 223 g/mol. The van der Waals surface area contributed by atoms with Crippen LogP contribution in [0.1, 0.15) is 46.0 Å². The average molecular weight is 223 g/mol. The van der Waals surface area contributed by atoms with Crippen LogP contribution < -0.4 is 0 Å². The molecule has 0 aromatic carbocycles. The fourth-order valence-corrected chi connectivity index (χ4v) is 3.46. The van der Waals surface area contributed by atoms with Gasteiger partial charge in [-0.3, -0.25) is 4.90 Å². The number of hydrogen-bond donors (Lipinski definition) is 1. The molecule has 0 atom stereocenters. The van der Waals surface area contributed by atoms with Gasteiger partial charge >= 0.3 is 0 Å². The lowest BCUT2D eigenvalue weighted by molar-refractivity contribution is -0.0406. The van der Waals surface area contributed by atoms with Gasteiger partial charge in [0.2, 0.25) is 0 Å². The van der Waals surface area contributed by atoms with E-state index in [2.05, 4.69) is 25.3 Å². The topological polar surface area (TPSA) is 23.5 Å². The summed E-state index contributed by atoms with van der Waals surface area (Å²) >= 11 is 0. The summed E-state index contributed by atoms with van der Waals surface area (Å²) in [5.74, 6) is 0. The highest BCUT2D eigenvalue weighted by atomic mass is 16.3. The summed E-state index contributed by atoms with van der Waals surface area (Å²) in [7, 11) is 0. The van der Waals surface area contributed by atoms with Gasteiger partial charge in [-0.1, -0.05) is 12.5 Å². The molecular formula is C14H25NO. The van der Waals surface area contributed by atoms with Gasteiger partial charge in [-0.2, -0.15) is 0 Å². The molecule has 1 heterocycles. The minimum Gasteiger partial charge on any atom is -0.393 e. The molecule has 0 aromatic heterocycles. The van der Waals surface area contributed by atoms with Crippen molar-refractivity contribution in [3.8, 4) is 0 Å². The fraction of sp³-hybridized carbons (Fsp3) is 0.857. The van der Waals surface area contributed by atoms with Crippen LogP contribution in [-0.2, 0) is 0 Å². The number of hydrogen-bond acceptors (Lipinski definition) is 2. The van der Waals surface area contributed by atoms with Gasteiger partial charge in [0, 0.05) is 19.1 Å². The van der Waals surface area contributed by atoms with Crippen LogP contribution >= 0.6 is 0 Å².